The van der Waals surface area contributed by atoms with Crippen LogP contribution in [0.2, 0.25) is 0 Å². The molecule has 3 rings (SSSR count). The van der Waals surface area contributed by atoms with Gasteiger partial charge in [-0.25, -0.2) is 4.68 Å². The Morgan fingerprint density at radius 3 is 3.00 bits per heavy atom. The molecule has 1 N–H and O–H groups in total. The highest BCUT2D eigenvalue weighted by molar-refractivity contribution is 5.17. The van der Waals surface area contributed by atoms with Crippen LogP contribution < -0.4 is 5.32 Å². The number of hydrogen-bond acceptors (Lipinski definition) is 5. The fraction of sp³-hybridized carbons (Fsp3) is 0.846. The Balaban J connectivity index is 1.80. The second-order valence-corrected chi connectivity index (χ2v) is 5.33. The first-order valence-electron chi connectivity index (χ1n) is 7.14. The molecular formula is C13H22N4O2. The summed E-state index contributed by atoms with van der Waals surface area (Å²) in [6.07, 6.45) is 3.65. The van der Waals surface area contributed by atoms with E-state index in [4.69, 9.17) is 9.47 Å². The predicted octanol–water partition coefficient (Wildman–Crippen LogP) is 0.680. The van der Waals surface area contributed by atoms with Gasteiger partial charge in [0.05, 0.1) is 24.9 Å². The van der Waals surface area contributed by atoms with Crippen molar-refractivity contribution in [1.29, 1.82) is 0 Å². The Morgan fingerprint density at radius 2 is 2.32 bits per heavy atom. The summed E-state index contributed by atoms with van der Waals surface area (Å²) < 4.78 is 13.3. The van der Waals surface area contributed by atoms with Crippen LogP contribution >= 0.6 is 0 Å². The fourth-order valence-electron chi connectivity index (χ4n) is 2.96. The molecular weight excluding hydrogens is 244 g/mol. The molecule has 2 saturated heterocycles. The van der Waals surface area contributed by atoms with Gasteiger partial charge in [-0.05, 0) is 26.3 Å². The Labute approximate surface area is 113 Å². The van der Waals surface area contributed by atoms with Crippen molar-refractivity contribution in [2.75, 3.05) is 26.9 Å². The normalized spacial score (nSPS) is 27.2. The van der Waals surface area contributed by atoms with Gasteiger partial charge >= 0.3 is 0 Å². The lowest BCUT2D eigenvalue weighted by atomic mass is 10.0. The minimum atomic E-state index is 0.296. The summed E-state index contributed by atoms with van der Waals surface area (Å²) in [6, 6.07) is 0. The van der Waals surface area contributed by atoms with E-state index in [2.05, 4.69) is 15.6 Å². The van der Waals surface area contributed by atoms with Crippen LogP contribution in [-0.2, 0) is 22.6 Å². The summed E-state index contributed by atoms with van der Waals surface area (Å²) in [6.45, 7) is 4.09. The molecule has 0 aliphatic carbocycles. The van der Waals surface area contributed by atoms with Crippen LogP contribution in [0.25, 0.3) is 0 Å². The standard InChI is InChI=1S/C13H22N4O2/c1-14-7-12-13(10-4-6-18-9-10)17(16-15-12)8-11-3-2-5-19-11/h10-11,14H,2-9H2,1H3. The van der Waals surface area contributed by atoms with Crippen molar-refractivity contribution in [3.63, 3.8) is 0 Å². The van der Waals surface area contributed by atoms with E-state index in [0.717, 1.165) is 57.9 Å². The molecule has 2 aliphatic heterocycles. The van der Waals surface area contributed by atoms with Gasteiger partial charge in [0.25, 0.3) is 0 Å². The van der Waals surface area contributed by atoms with Crippen LogP contribution in [0.5, 0.6) is 0 Å². The summed E-state index contributed by atoms with van der Waals surface area (Å²) in [5.41, 5.74) is 2.29. The number of nitrogens with one attached hydrogen (secondary N) is 1. The van der Waals surface area contributed by atoms with Gasteiger partial charge in [-0.3, -0.25) is 0 Å². The number of hydrogen-bond donors (Lipinski definition) is 1. The van der Waals surface area contributed by atoms with Gasteiger partial charge in [-0.2, -0.15) is 0 Å². The molecule has 2 aliphatic rings. The third-order valence-corrected chi connectivity index (χ3v) is 3.91. The van der Waals surface area contributed by atoms with Crippen molar-refractivity contribution < 1.29 is 9.47 Å². The van der Waals surface area contributed by atoms with E-state index < -0.39 is 0 Å². The van der Waals surface area contributed by atoms with Gasteiger partial charge in [0.15, 0.2) is 0 Å². The molecule has 2 atom stereocenters. The lowest BCUT2D eigenvalue weighted by Gasteiger charge is -2.15. The second kappa shape index (κ2) is 5.98. The molecule has 19 heavy (non-hydrogen) atoms. The zero-order valence-corrected chi connectivity index (χ0v) is 11.5. The smallest absolute Gasteiger partial charge is 0.100 e. The van der Waals surface area contributed by atoms with Gasteiger partial charge in [0.1, 0.15) is 5.69 Å². The third kappa shape index (κ3) is 2.80. The van der Waals surface area contributed by atoms with Crippen molar-refractivity contribution in [1.82, 2.24) is 20.3 Å². The number of aromatic nitrogens is 3. The van der Waals surface area contributed by atoms with Gasteiger partial charge in [-0.15, -0.1) is 5.10 Å². The van der Waals surface area contributed by atoms with Crippen molar-refractivity contribution in [3.8, 4) is 0 Å². The van der Waals surface area contributed by atoms with Crippen molar-refractivity contribution >= 4 is 0 Å². The maximum atomic E-state index is 5.71. The molecule has 0 radical (unpaired) electrons. The van der Waals surface area contributed by atoms with Crippen molar-refractivity contribution in [2.24, 2.45) is 0 Å². The first-order chi connectivity index (χ1) is 9.38. The Morgan fingerprint density at radius 1 is 1.37 bits per heavy atom. The SMILES string of the molecule is CNCc1nnn(CC2CCCO2)c1C1CCOC1. The van der Waals surface area contributed by atoms with E-state index in [1.54, 1.807) is 0 Å². The lowest BCUT2D eigenvalue weighted by Crippen LogP contribution is -2.20. The van der Waals surface area contributed by atoms with E-state index in [0.29, 0.717) is 12.0 Å². The molecule has 0 bridgehead atoms. The van der Waals surface area contributed by atoms with Gasteiger partial charge in [0.2, 0.25) is 0 Å². The minimum absolute atomic E-state index is 0.296. The van der Waals surface area contributed by atoms with Crippen LogP contribution in [0, 0.1) is 0 Å². The Bertz CT molecular complexity index is 409. The zero-order chi connectivity index (χ0) is 13.1. The minimum Gasteiger partial charge on any atom is -0.381 e. The van der Waals surface area contributed by atoms with Gasteiger partial charge in [-0.1, -0.05) is 5.21 Å². The summed E-state index contributed by atoms with van der Waals surface area (Å²) in [4.78, 5) is 0. The molecule has 6 heteroatoms. The largest absolute Gasteiger partial charge is 0.381 e. The van der Waals surface area contributed by atoms with Crippen molar-refractivity contribution in [2.45, 2.75) is 44.4 Å². The molecule has 2 unspecified atom stereocenters. The highest BCUT2D eigenvalue weighted by Crippen LogP contribution is 2.28. The van der Waals surface area contributed by atoms with E-state index >= 15 is 0 Å². The van der Waals surface area contributed by atoms with Gasteiger partial charge in [0, 0.05) is 25.7 Å². The average Bonchev–Trinajstić information content (AvgIpc) is 3.11. The van der Waals surface area contributed by atoms with Crippen LogP contribution in [0.1, 0.15) is 36.6 Å². The first-order valence-corrected chi connectivity index (χ1v) is 7.14. The third-order valence-electron chi connectivity index (χ3n) is 3.91. The van der Waals surface area contributed by atoms with Crippen molar-refractivity contribution in [3.05, 3.63) is 11.4 Å². The molecule has 1 aromatic rings. The molecule has 2 fully saturated rings. The average molecular weight is 266 g/mol. The van der Waals surface area contributed by atoms with Crippen LogP contribution in [0.4, 0.5) is 0 Å². The zero-order valence-electron chi connectivity index (χ0n) is 11.5. The summed E-state index contributed by atoms with van der Waals surface area (Å²) in [5.74, 6) is 0.430. The maximum Gasteiger partial charge on any atom is 0.100 e. The van der Waals surface area contributed by atoms with E-state index in [9.17, 15) is 0 Å². The summed E-state index contributed by atoms with van der Waals surface area (Å²) in [5, 5.41) is 11.8. The molecule has 1 aromatic heterocycles. The van der Waals surface area contributed by atoms with E-state index in [1.165, 1.54) is 5.69 Å². The highest BCUT2D eigenvalue weighted by Gasteiger charge is 2.27. The summed E-state index contributed by atoms with van der Waals surface area (Å²) in [7, 11) is 1.94. The second-order valence-electron chi connectivity index (χ2n) is 5.33. The predicted molar refractivity (Wildman–Crippen MR) is 69.9 cm³/mol. The number of nitrogens with zero attached hydrogens (tertiary/aromatic N) is 3. The molecule has 0 aromatic carbocycles. The number of ether oxygens (including phenoxy) is 2. The molecule has 0 amide bonds. The van der Waals surface area contributed by atoms with Gasteiger partial charge < -0.3 is 14.8 Å². The Kier molecular flexibility index (Phi) is 4.10. The van der Waals surface area contributed by atoms with E-state index in [-0.39, 0.29) is 0 Å². The highest BCUT2D eigenvalue weighted by atomic mass is 16.5. The van der Waals surface area contributed by atoms with E-state index in [1.807, 2.05) is 11.7 Å². The van der Waals surface area contributed by atoms with Crippen LogP contribution in [-0.4, -0.2) is 48.0 Å². The molecule has 0 saturated carbocycles. The molecule has 3 heterocycles. The Hall–Kier alpha value is -0.980. The van der Waals surface area contributed by atoms with Crippen LogP contribution in [0.15, 0.2) is 0 Å². The quantitative estimate of drug-likeness (QED) is 0.849. The fourth-order valence-corrected chi connectivity index (χ4v) is 2.96. The van der Waals surface area contributed by atoms with Crippen LogP contribution in [0.3, 0.4) is 0 Å². The maximum absolute atomic E-state index is 5.71. The lowest BCUT2D eigenvalue weighted by molar-refractivity contribution is 0.0922. The summed E-state index contributed by atoms with van der Waals surface area (Å²) >= 11 is 0. The first kappa shape index (κ1) is 13.0. The topological polar surface area (TPSA) is 61.2 Å². The molecule has 6 nitrogen and oxygen atoms in total. The monoisotopic (exact) mass is 266 g/mol. The molecule has 106 valence electrons. The number of rotatable bonds is 5. The molecule has 0 spiro atoms.